The Morgan fingerprint density at radius 2 is 1.24 bits per heavy atom. The monoisotopic (exact) mass is 306 g/mol. The fourth-order valence-electron chi connectivity index (χ4n) is 3.41. The second kappa shape index (κ2) is 5.11. The molecule has 2 aliphatic rings. The van der Waals surface area contributed by atoms with Crippen molar-refractivity contribution >= 4 is 7.37 Å². The van der Waals surface area contributed by atoms with Crippen molar-refractivity contribution in [1.29, 1.82) is 0 Å². The SMILES string of the molecule is CC1=C(P(=O)(O)C2=C(C)CC(C)(C)C=C2)C=CC(C)(C)C1. The van der Waals surface area contributed by atoms with Crippen LogP contribution in [-0.2, 0) is 4.57 Å². The smallest absolute Gasteiger partial charge is 0.258 e. The van der Waals surface area contributed by atoms with Gasteiger partial charge in [0.2, 0.25) is 0 Å². The molecule has 0 heterocycles. The van der Waals surface area contributed by atoms with Crippen LogP contribution in [0.15, 0.2) is 46.1 Å². The first-order chi connectivity index (χ1) is 9.45. The van der Waals surface area contributed by atoms with Gasteiger partial charge in [0.1, 0.15) is 0 Å². The summed E-state index contributed by atoms with van der Waals surface area (Å²) in [7, 11) is -3.48. The minimum absolute atomic E-state index is 0.0708. The molecule has 0 fully saturated rings. The number of allylic oxidation sites excluding steroid dienone is 8. The van der Waals surface area contributed by atoms with Crippen molar-refractivity contribution in [1.82, 2.24) is 0 Å². The molecular formula is C18H27O2P. The van der Waals surface area contributed by atoms with Crippen molar-refractivity contribution in [2.24, 2.45) is 10.8 Å². The van der Waals surface area contributed by atoms with Gasteiger partial charge < -0.3 is 4.89 Å². The van der Waals surface area contributed by atoms with E-state index >= 15 is 0 Å². The zero-order valence-corrected chi connectivity index (χ0v) is 14.9. The molecule has 0 unspecified atom stereocenters. The van der Waals surface area contributed by atoms with Crippen molar-refractivity contribution < 1.29 is 9.46 Å². The highest BCUT2D eigenvalue weighted by Gasteiger charge is 2.35. The van der Waals surface area contributed by atoms with E-state index in [1.807, 2.05) is 26.0 Å². The highest BCUT2D eigenvalue weighted by molar-refractivity contribution is 7.67. The summed E-state index contributed by atoms with van der Waals surface area (Å²) in [6, 6.07) is 0. The fraction of sp³-hybridized carbons (Fsp3) is 0.556. The van der Waals surface area contributed by atoms with Crippen LogP contribution in [0.2, 0.25) is 0 Å². The molecule has 2 aliphatic carbocycles. The van der Waals surface area contributed by atoms with Gasteiger partial charge in [-0.15, -0.1) is 0 Å². The maximum Gasteiger partial charge on any atom is 0.258 e. The average molecular weight is 306 g/mol. The lowest BCUT2D eigenvalue weighted by Gasteiger charge is -2.31. The summed E-state index contributed by atoms with van der Waals surface area (Å²) < 4.78 is 13.1. The third-order valence-corrected chi connectivity index (χ3v) is 6.72. The average Bonchev–Trinajstić information content (AvgIpc) is 2.24. The molecule has 0 aromatic heterocycles. The Morgan fingerprint density at radius 3 is 1.52 bits per heavy atom. The van der Waals surface area contributed by atoms with E-state index in [4.69, 9.17) is 0 Å². The Bertz CT molecular complexity index is 576. The molecule has 3 heteroatoms. The largest absolute Gasteiger partial charge is 0.338 e. The maximum atomic E-state index is 13.1. The summed E-state index contributed by atoms with van der Waals surface area (Å²) >= 11 is 0. The molecule has 0 amide bonds. The van der Waals surface area contributed by atoms with Gasteiger partial charge in [0.15, 0.2) is 0 Å². The zero-order valence-electron chi connectivity index (χ0n) is 14.0. The first-order valence-electron chi connectivity index (χ1n) is 7.57. The summed E-state index contributed by atoms with van der Waals surface area (Å²) in [5, 5.41) is 1.25. The Labute approximate surface area is 128 Å². The topological polar surface area (TPSA) is 37.3 Å². The highest BCUT2D eigenvalue weighted by atomic mass is 31.2. The van der Waals surface area contributed by atoms with Gasteiger partial charge >= 0.3 is 0 Å². The van der Waals surface area contributed by atoms with Crippen LogP contribution in [-0.4, -0.2) is 4.89 Å². The van der Waals surface area contributed by atoms with Crippen LogP contribution in [0.1, 0.15) is 54.4 Å². The highest BCUT2D eigenvalue weighted by Crippen LogP contribution is 2.63. The van der Waals surface area contributed by atoms with E-state index in [0.29, 0.717) is 10.6 Å². The minimum Gasteiger partial charge on any atom is -0.338 e. The van der Waals surface area contributed by atoms with Crippen LogP contribution in [0.3, 0.4) is 0 Å². The number of hydrogen-bond acceptors (Lipinski definition) is 1. The Balaban J connectivity index is 2.44. The second-order valence-electron chi connectivity index (χ2n) is 7.90. The molecule has 0 aromatic rings. The second-order valence-corrected chi connectivity index (χ2v) is 10.0. The minimum atomic E-state index is -3.48. The Kier molecular flexibility index (Phi) is 4.02. The van der Waals surface area contributed by atoms with E-state index in [0.717, 1.165) is 24.0 Å². The van der Waals surface area contributed by atoms with Gasteiger partial charge in [0.25, 0.3) is 7.37 Å². The van der Waals surface area contributed by atoms with E-state index in [1.165, 1.54) is 0 Å². The molecule has 0 atom stereocenters. The summed E-state index contributed by atoms with van der Waals surface area (Å²) in [5.74, 6) is 0. The molecular weight excluding hydrogens is 279 g/mol. The third kappa shape index (κ3) is 3.33. The van der Waals surface area contributed by atoms with Crippen molar-refractivity contribution in [3.63, 3.8) is 0 Å². The van der Waals surface area contributed by atoms with Gasteiger partial charge in [0.05, 0.1) is 0 Å². The molecule has 2 rings (SSSR count). The quantitative estimate of drug-likeness (QED) is 0.657. The lowest BCUT2D eigenvalue weighted by molar-refractivity contribution is 0.459. The van der Waals surface area contributed by atoms with Crippen molar-refractivity contribution in [3.05, 3.63) is 46.1 Å². The summed E-state index contributed by atoms with van der Waals surface area (Å²) in [6.45, 7) is 12.6. The first-order valence-corrected chi connectivity index (χ1v) is 9.22. The molecule has 116 valence electrons. The van der Waals surface area contributed by atoms with Gasteiger partial charge in [0, 0.05) is 10.6 Å². The van der Waals surface area contributed by atoms with Crippen LogP contribution in [0.5, 0.6) is 0 Å². The van der Waals surface area contributed by atoms with Crippen LogP contribution in [0.25, 0.3) is 0 Å². The molecule has 0 radical (unpaired) electrons. The molecule has 0 bridgehead atoms. The lowest BCUT2D eigenvalue weighted by atomic mass is 9.82. The van der Waals surface area contributed by atoms with Crippen LogP contribution >= 0.6 is 7.37 Å². The Morgan fingerprint density at radius 1 is 0.905 bits per heavy atom. The van der Waals surface area contributed by atoms with E-state index in [2.05, 4.69) is 39.8 Å². The molecule has 0 spiro atoms. The fourth-order valence-corrected chi connectivity index (χ4v) is 5.41. The lowest BCUT2D eigenvalue weighted by Crippen LogP contribution is -2.15. The van der Waals surface area contributed by atoms with E-state index in [-0.39, 0.29) is 10.8 Å². The van der Waals surface area contributed by atoms with E-state index in [1.54, 1.807) is 0 Å². The van der Waals surface area contributed by atoms with Crippen molar-refractivity contribution in [3.8, 4) is 0 Å². The molecule has 2 nitrogen and oxygen atoms in total. The van der Waals surface area contributed by atoms with Crippen LogP contribution in [0, 0.1) is 10.8 Å². The van der Waals surface area contributed by atoms with E-state index < -0.39 is 7.37 Å². The normalized spacial score (nSPS) is 24.7. The maximum absolute atomic E-state index is 13.1. The van der Waals surface area contributed by atoms with Gasteiger partial charge in [-0.25, -0.2) is 0 Å². The number of rotatable bonds is 2. The molecule has 0 aromatic carbocycles. The standard InChI is InChI=1S/C18H27O2P/c1-13-11-17(3,4)9-7-15(13)21(19,20)16-8-10-18(5,6)12-14(16)2/h7-10H,11-12H2,1-6H3,(H,19,20). The van der Waals surface area contributed by atoms with Gasteiger partial charge in [-0.1, -0.05) is 63.1 Å². The first kappa shape index (κ1) is 16.5. The van der Waals surface area contributed by atoms with Gasteiger partial charge in [-0.2, -0.15) is 0 Å². The molecule has 0 aliphatic heterocycles. The Hall–Kier alpha value is -0.850. The number of hydrogen-bond donors (Lipinski definition) is 1. The summed E-state index contributed by atoms with van der Waals surface area (Å²) in [6.07, 6.45) is 9.53. The van der Waals surface area contributed by atoms with Gasteiger partial charge in [-0.05, 0) is 37.5 Å². The summed E-state index contributed by atoms with van der Waals surface area (Å²) in [5.41, 5.74) is 2.21. The van der Waals surface area contributed by atoms with E-state index in [9.17, 15) is 9.46 Å². The van der Waals surface area contributed by atoms with Crippen molar-refractivity contribution in [2.75, 3.05) is 0 Å². The zero-order chi connectivity index (χ0) is 16.1. The molecule has 0 saturated heterocycles. The van der Waals surface area contributed by atoms with Crippen LogP contribution in [0.4, 0.5) is 0 Å². The predicted octanol–water partition coefficient (Wildman–Crippen LogP) is 5.78. The van der Waals surface area contributed by atoms with Gasteiger partial charge in [-0.3, -0.25) is 4.57 Å². The summed E-state index contributed by atoms with van der Waals surface area (Å²) in [4.78, 5) is 10.8. The predicted molar refractivity (Wildman–Crippen MR) is 90.3 cm³/mol. The van der Waals surface area contributed by atoms with Crippen molar-refractivity contribution in [2.45, 2.75) is 54.4 Å². The molecule has 0 saturated carbocycles. The van der Waals surface area contributed by atoms with Crippen LogP contribution < -0.4 is 0 Å². The molecule has 1 N–H and O–H groups in total. The molecule has 21 heavy (non-hydrogen) atoms. The third-order valence-electron chi connectivity index (χ3n) is 4.35.